The number of hydrogen-bond donors (Lipinski definition) is 1. The molecule has 2 amide bonds. The monoisotopic (exact) mass is 364 g/mol. The van der Waals surface area contributed by atoms with Gasteiger partial charge in [-0.05, 0) is 24.1 Å². The maximum atomic E-state index is 13.0. The fraction of sp³-hybridized carbons (Fsp3) is 0.500. The van der Waals surface area contributed by atoms with Crippen LogP contribution in [-0.2, 0) is 15.8 Å². The molecule has 134 valence electrons. The molecule has 0 saturated carbocycles. The van der Waals surface area contributed by atoms with Crippen LogP contribution in [0.3, 0.4) is 0 Å². The number of carbonyl (C=O) groups excluding carboxylic acids is 2. The largest absolute Gasteiger partial charge is 0.418 e. The topological polar surface area (TPSA) is 49.4 Å². The quantitative estimate of drug-likeness (QED) is 0.822. The number of nitrogens with zero attached hydrogens (tertiary/aromatic N) is 1. The van der Waals surface area contributed by atoms with Gasteiger partial charge in [0.2, 0.25) is 11.8 Å². The molecule has 1 N–H and O–H groups in total. The van der Waals surface area contributed by atoms with E-state index in [1.165, 1.54) is 17.9 Å². The molecule has 1 rings (SSSR count). The van der Waals surface area contributed by atoms with Gasteiger partial charge in [-0.2, -0.15) is 13.2 Å². The fourth-order valence-corrected chi connectivity index (χ4v) is 2.30. The number of benzene rings is 1. The van der Waals surface area contributed by atoms with Crippen LogP contribution < -0.4 is 5.32 Å². The highest BCUT2D eigenvalue weighted by Gasteiger charge is 2.34. The van der Waals surface area contributed by atoms with Crippen LogP contribution in [0.4, 0.5) is 18.9 Å². The van der Waals surface area contributed by atoms with Crippen LogP contribution in [0.25, 0.3) is 0 Å². The van der Waals surface area contributed by atoms with Crippen molar-refractivity contribution >= 4 is 29.1 Å². The molecule has 0 aliphatic rings. The van der Waals surface area contributed by atoms with Gasteiger partial charge in [-0.25, -0.2) is 0 Å². The van der Waals surface area contributed by atoms with Crippen molar-refractivity contribution < 1.29 is 22.8 Å². The summed E-state index contributed by atoms with van der Waals surface area (Å²) in [6.45, 7) is 5.88. The van der Waals surface area contributed by atoms with Gasteiger partial charge in [0.1, 0.15) is 0 Å². The molecule has 0 heterocycles. The van der Waals surface area contributed by atoms with E-state index >= 15 is 0 Å². The summed E-state index contributed by atoms with van der Waals surface area (Å²) in [4.78, 5) is 24.9. The van der Waals surface area contributed by atoms with Gasteiger partial charge in [-0.3, -0.25) is 9.59 Å². The van der Waals surface area contributed by atoms with Crippen LogP contribution >= 0.6 is 11.6 Å². The van der Waals surface area contributed by atoms with Gasteiger partial charge in [-0.1, -0.05) is 25.4 Å². The Kier molecular flexibility index (Phi) is 7.08. The molecule has 0 unspecified atom stereocenters. The van der Waals surface area contributed by atoms with Crippen LogP contribution in [-0.4, -0.2) is 29.8 Å². The zero-order chi connectivity index (χ0) is 18.5. The molecule has 0 bridgehead atoms. The number of nitrogens with one attached hydrogen (secondary N) is 1. The first-order valence-electron chi connectivity index (χ1n) is 7.42. The van der Waals surface area contributed by atoms with Crippen LogP contribution in [0, 0.1) is 5.92 Å². The fourth-order valence-electron chi connectivity index (χ4n) is 2.13. The lowest BCUT2D eigenvalue weighted by Crippen LogP contribution is -2.35. The van der Waals surface area contributed by atoms with E-state index in [1.54, 1.807) is 0 Å². The molecule has 0 aliphatic heterocycles. The molecule has 8 heteroatoms. The number of anilines is 1. The molecule has 0 spiro atoms. The highest BCUT2D eigenvalue weighted by molar-refractivity contribution is 6.30. The Morgan fingerprint density at radius 1 is 1.29 bits per heavy atom. The van der Waals surface area contributed by atoms with Crippen LogP contribution in [0.1, 0.15) is 32.8 Å². The van der Waals surface area contributed by atoms with E-state index < -0.39 is 17.6 Å². The number of amides is 2. The van der Waals surface area contributed by atoms with Crippen LogP contribution in [0.5, 0.6) is 0 Å². The standard InChI is InChI=1S/C16H20ClF3N2O2/c1-10(2)9-22(11(3)23)7-6-15(24)21-14-5-4-12(17)8-13(14)16(18,19)20/h4-5,8,10H,6-7,9H2,1-3H3,(H,21,24). The van der Waals surface area contributed by atoms with Gasteiger partial charge in [0, 0.05) is 31.5 Å². The molecule has 24 heavy (non-hydrogen) atoms. The molecule has 4 nitrogen and oxygen atoms in total. The minimum atomic E-state index is -4.63. The number of alkyl halides is 3. The lowest BCUT2D eigenvalue weighted by molar-refractivity contribution is -0.137. The van der Waals surface area contributed by atoms with Gasteiger partial charge in [0.25, 0.3) is 0 Å². The van der Waals surface area contributed by atoms with Gasteiger partial charge >= 0.3 is 6.18 Å². The molecule has 1 aromatic rings. The molecule has 0 radical (unpaired) electrons. The number of rotatable bonds is 6. The summed E-state index contributed by atoms with van der Waals surface area (Å²) in [7, 11) is 0. The van der Waals surface area contributed by atoms with Crippen molar-refractivity contribution in [1.82, 2.24) is 4.90 Å². The Labute approximate surface area is 144 Å². The molecule has 0 atom stereocenters. The molecule has 0 aliphatic carbocycles. The van der Waals surface area contributed by atoms with Crippen molar-refractivity contribution in [3.8, 4) is 0 Å². The second-order valence-corrected chi connectivity index (χ2v) is 6.28. The van der Waals surface area contributed by atoms with E-state index in [-0.39, 0.29) is 35.5 Å². The molecular formula is C16H20ClF3N2O2. The van der Waals surface area contributed by atoms with Crippen molar-refractivity contribution in [1.29, 1.82) is 0 Å². The third-order valence-corrected chi connectivity index (χ3v) is 3.44. The van der Waals surface area contributed by atoms with E-state index in [2.05, 4.69) is 5.32 Å². The zero-order valence-corrected chi connectivity index (χ0v) is 14.5. The second kappa shape index (κ2) is 8.37. The third kappa shape index (κ3) is 6.39. The average Bonchev–Trinajstić information content (AvgIpc) is 2.43. The van der Waals surface area contributed by atoms with Crippen molar-refractivity contribution in [2.75, 3.05) is 18.4 Å². The van der Waals surface area contributed by atoms with E-state index in [0.717, 1.165) is 12.1 Å². The summed E-state index contributed by atoms with van der Waals surface area (Å²) in [5, 5.41) is 2.17. The number of halogens is 4. The summed E-state index contributed by atoms with van der Waals surface area (Å²) in [5.41, 5.74) is -1.36. The Hall–Kier alpha value is -1.76. The normalized spacial score (nSPS) is 11.5. The Morgan fingerprint density at radius 3 is 2.42 bits per heavy atom. The van der Waals surface area contributed by atoms with Gasteiger partial charge in [-0.15, -0.1) is 0 Å². The molecule has 0 aromatic heterocycles. The highest BCUT2D eigenvalue weighted by Crippen LogP contribution is 2.36. The SMILES string of the molecule is CC(=O)N(CCC(=O)Nc1ccc(Cl)cc1C(F)(F)F)CC(C)C. The third-order valence-electron chi connectivity index (χ3n) is 3.20. The summed E-state index contributed by atoms with van der Waals surface area (Å²) < 4.78 is 38.9. The first-order valence-corrected chi connectivity index (χ1v) is 7.80. The Morgan fingerprint density at radius 2 is 1.92 bits per heavy atom. The summed E-state index contributed by atoms with van der Waals surface area (Å²) in [6, 6.07) is 3.14. The zero-order valence-electron chi connectivity index (χ0n) is 13.7. The lowest BCUT2D eigenvalue weighted by Gasteiger charge is -2.23. The van der Waals surface area contributed by atoms with Crippen LogP contribution in [0.15, 0.2) is 18.2 Å². The average molecular weight is 365 g/mol. The minimum Gasteiger partial charge on any atom is -0.342 e. The predicted molar refractivity (Wildman–Crippen MR) is 86.8 cm³/mol. The first-order chi connectivity index (χ1) is 11.0. The van der Waals surface area contributed by atoms with Crippen molar-refractivity contribution in [2.45, 2.75) is 33.4 Å². The first kappa shape index (κ1) is 20.3. The van der Waals surface area contributed by atoms with E-state index in [9.17, 15) is 22.8 Å². The Balaban J connectivity index is 2.77. The van der Waals surface area contributed by atoms with E-state index in [0.29, 0.717) is 6.54 Å². The van der Waals surface area contributed by atoms with Gasteiger partial charge in [0.15, 0.2) is 0 Å². The summed E-state index contributed by atoms with van der Waals surface area (Å²) >= 11 is 5.59. The lowest BCUT2D eigenvalue weighted by atomic mass is 10.1. The van der Waals surface area contributed by atoms with Crippen molar-refractivity contribution in [2.24, 2.45) is 5.92 Å². The number of hydrogen-bond acceptors (Lipinski definition) is 2. The van der Waals surface area contributed by atoms with Gasteiger partial charge < -0.3 is 10.2 Å². The molecule has 1 aromatic carbocycles. The Bertz CT molecular complexity index is 603. The van der Waals surface area contributed by atoms with Crippen LogP contribution in [0.2, 0.25) is 5.02 Å². The van der Waals surface area contributed by atoms with Gasteiger partial charge in [0.05, 0.1) is 11.3 Å². The van der Waals surface area contributed by atoms with E-state index in [1.807, 2.05) is 13.8 Å². The predicted octanol–water partition coefficient (Wildman–Crippen LogP) is 4.19. The highest BCUT2D eigenvalue weighted by atomic mass is 35.5. The smallest absolute Gasteiger partial charge is 0.342 e. The second-order valence-electron chi connectivity index (χ2n) is 5.84. The summed E-state index contributed by atoms with van der Waals surface area (Å²) in [6.07, 6.45) is -4.72. The maximum Gasteiger partial charge on any atom is 0.418 e. The number of carbonyl (C=O) groups is 2. The minimum absolute atomic E-state index is 0.0694. The molecule has 0 saturated heterocycles. The van der Waals surface area contributed by atoms with Crippen molar-refractivity contribution in [3.63, 3.8) is 0 Å². The maximum absolute atomic E-state index is 13.0. The molecular weight excluding hydrogens is 345 g/mol. The van der Waals surface area contributed by atoms with E-state index in [4.69, 9.17) is 11.6 Å². The molecule has 0 fully saturated rings. The summed E-state index contributed by atoms with van der Waals surface area (Å²) in [5.74, 6) is -0.554. The van der Waals surface area contributed by atoms with Crippen molar-refractivity contribution in [3.05, 3.63) is 28.8 Å².